The van der Waals surface area contributed by atoms with E-state index in [2.05, 4.69) is 43.1 Å². The van der Waals surface area contributed by atoms with Crippen LogP contribution in [-0.4, -0.2) is 25.0 Å². The van der Waals surface area contributed by atoms with Crippen molar-refractivity contribution in [2.45, 2.75) is 37.5 Å². The summed E-state index contributed by atoms with van der Waals surface area (Å²) in [7, 11) is 2.25. The van der Waals surface area contributed by atoms with Gasteiger partial charge in [-0.25, -0.2) is 0 Å². The van der Waals surface area contributed by atoms with Gasteiger partial charge in [-0.15, -0.1) is 0 Å². The largest absolute Gasteiger partial charge is 0.306 e. The van der Waals surface area contributed by atoms with Gasteiger partial charge < -0.3 is 4.90 Å². The zero-order chi connectivity index (χ0) is 11.2. The Labute approximate surface area is 98.5 Å². The van der Waals surface area contributed by atoms with Crippen molar-refractivity contribution in [2.75, 3.05) is 20.1 Å². The van der Waals surface area contributed by atoms with Crippen molar-refractivity contribution in [3.8, 4) is 0 Å². The van der Waals surface area contributed by atoms with Crippen LogP contribution < -0.4 is 0 Å². The lowest BCUT2D eigenvalue weighted by Gasteiger charge is -2.39. The van der Waals surface area contributed by atoms with Gasteiger partial charge in [0.25, 0.3) is 0 Å². The van der Waals surface area contributed by atoms with Crippen LogP contribution in [0.25, 0.3) is 0 Å². The predicted octanol–water partition coefficient (Wildman–Crippen LogP) is 3.16. The molecule has 1 heteroatoms. The summed E-state index contributed by atoms with van der Waals surface area (Å²) in [5.41, 5.74) is 3.80. The molecule has 0 N–H and O–H groups in total. The van der Waals surface area contributed by atoms with E-state index in [1.807, 2.05) is 0 Å². The summed E-state index contributed by atoms with van der Waals surface area (Å²) in [6, 6.07) is 9.14. The van der Waals surface area contributed by atoms with Crippen LogP contribution in [0.2, 0.25) is 0 Å². The van der Waals surface area contributed by atoms with Gasteiger partial charge in [0.1, 0.15) is 0 Å². The van der Waals surface area contributed by atoms with Gasteiger partial charge in [-0.3, -0.25) is 0 Å². The third kappa shape index (κ3) is 1.41. The Bertz CT molecular complexity index is 388. The first-order chi connectivity index (χ1) is 7.71. The summed E-state index contributed by atoms with van der Waals surface area (Å²) >= 11 is 0. The van der Waals surface area contributed by atoms with E-state index in [1.54, 1.807) is 11.1 Å². The van der Waals surface area contributed by atoms with E-state index in [0.717, 1.165) is 5.92 Å². The summed E-state index contributed by atoms with van der Waals surface area (Å²) < 4.78 is 0. The van der Waals surface area contributed by atoms with Crippen LogP contribution in [0, 0.1) is 0 Å². The molecule has 1 fully saturated rings. The minimum atomic E-state index is 0.516. The molecule has 1 aromatic carbocycles. The molecular weight excluding hydrogens is 194 g/mol. The predicted molar refractivity (Wildman–Crippen MR) is 67.9 cm³/mol. The molecular formula is C15H21N. The number of rotatable bonds is 0. The van der Waals surface area contributed by atoms with E-state index >= 15 is 0 Å². The lowest BCUT2D eigenvalue weighted by atomic mass is 9.73. The number of hydrogen-bond donors (Lipinski definition) is 0. The number of likely N-dealkylation sites (tertiary alicyclic amines) is 1. The van der Waals surface area contributed by atoms with Crippen LogP contribution in [0.1, 0.15) is 43.2 Å². The molecule has 2 aliphatic rings. The van der Waals surface area contributed by atoms with Crippen LogP contribution in [-0.2, 0) is 5.41 Å². The molecule has 1 atom stereocenters. The fraction of sp³-hybridized carbons (Fsp3) is 0.600. The average Bonchev–Trinajstić information content (AvgIpc) is 2.58. The van der Waals surface area contributed by atoms with Crippen LogP contribution >= 0.6 is 0 Å². The zero-order valence-electron chi connectivity index (χ0n) is 10.4. The SMILES string of the molecule is CC1CC2(CCN(C)CC2)c2ccccc21. The Kier molecular flexibility index (Phi) is 2.32. The molecule has 1 aliphatic heterocycles. The van der Waals surface area contributed by atoms with Crippen LogP contribution in [0.3, 0.4) is 0 Å². The molecule has 3 rings (SSSR count). The van der Waals surface area contributed by atoms with Crippen molar-refractivity contribution in [3.05, 3.63) is 35.4 Å². The average molecular weight is 215 g/mol. The normalized spacial score (nSPS) is 28.2. The second-order valence-electron chi connectivity index (χ2n) is 5.78. The molecule has 0 bridgehead atoms. The fourth-order valence-electron chi connectivity index (χ4n) is 3.74. The molecule has 0 saturated carbocycles. The maximum Gasteiger partial charge on any atom is -0.00133 e. The summed E-state index contributed by atoms with van der Waals surface area (Å²) in [4.78, 5) is 2.47. The lowest BCUT2D eigenvalue weighted by Crippen LogP contribution is -2.39. The number of hydrogen-bond acceptors (Lipinski definition) is 1. The second-order valence-corrected chi connectivity index (χ2v) is 5.78. The summed E-state index contributed by atoms with van der Waals surface area (Å²) in [5.74, 6) is 0.764. The monoisotopic (exact) mass is 215 g/mol. The quantitative estimate of drug-likeness (QED) is 0.642. The van der Waals surface area contributed by atoms with Crippen molar-refractivity contribution in [1.82, 2.24) is 4.90 Å². The molecule has 1 saturated heterocycles. The van der Waals surface area contributed by atoms with Gasteiger partial charge in [-0.05, 0) is 61.9 Å². The van der Waals surface area contributed by atoms with E-state index in [0.29, 0.717) is 5.41 Å². The molecule has 86 valence electrons. The van der Waals surface area contributed by atoms with Gasteiger partial charge in [0.15, 0.2) is 0 Å². The molecule has 1 heterocycles. The van der Waals surface area contributed by atoms with Gasteiger partial charge >= 0.3 is 0 Å². The molecule has 1 spiro atoms. The van der Waals surface area contributed by atoms with E-state index < -0.39 is 0 Å². The minimum absolute atomic E-state index is 0.516. The smallest absolute Gasteiger partial charge is 0.00133 e. The highest BCUT2D eigenvalue weighted by Gasteiger charge is 2.43. The van der Waals surface area contributed by atoms with Gasteiger partial charge in [0.2, 0.25) is 0 Å². The zero-order valence-corrected chi connectivity index (χ0v) is 10.4. The number of nitrogens with zero attached hydrogens (tertiary/aromatic N) is 1. The van der Waals surface area contributed by atoms with E-state index in [4.69, 9.17) is 0 Å². The van der Waals surface area contributed by atoms with Crippen molar-refractivity contribution in [2.24, 2.45) is 0 Å². The number of fused-ring (bicyclic) bond motifs is 2. The number of piperidine rings is 1. The highest BCUT2D eigenvalue weighted by Crippen LogP contribution is 2.51. The van der Waals surface area contributed by atoms with Crippen LogP contribution in [0.4, 0.5) is 0 Å². The van der Waals surface area contributed by atoms with Gasteiger partial charge in [-0.1, -0.05) is 31.2 Å². The first-order valence-electron chi connectivity index (χ1n) is 6.49. The molecule has 1 aliphatic carbocycles. The highest BCUT2D eigenvalue weighted by atomic mass is 15.1. The van der Waals surface area contributed by atoms with Gasteiger partial charge in [0, 0.05) is 0 Å². The molecule has 0 aromatic heterocycles. The Morgan fingerprint density at radius 3 is 2.62 bits per heavy atom. The molecule has 1 nitrogen and oxygen atoms in total. The van der Waals surface area contributed by atoms with Crippen molar-refractivity contribution in [1.29, 1.82) is 0 Å². The number of benzene rings is 1. The van der Waals surface area contributed by atoms with E-state index in [-0.39, 0.29) is 0 Å². The maximum absolute atomic E-state index is 2.47. The maximum atomic E-state index is 2.47. The third-order valence-corrected chi connectivity index (χ3v) is 4.70. The molecule has 1 aromatic rings. The van der Waals surface area contributed by atoms with Crippen molar-refractivity contribution in [3.63, 3.8) is 0 Å². The molecule has 0 radical (unpaired) electrons. The van der Waals surface area contributed by atoms with Crippen molar-refractivity contribution < 1.29 is 0 Å². The van der Waals surface area contributed by atoms with E-state index in [1.165, 1.54) is 32.4 Å². The van der Waals surface area contributed by atoms with E-state index in [9.17, 15) is 0 Å². The second kappa shape index (κ2) is 3.59. The third-order valence-electron chi connectivity index (χ3n) is 4.70. The molecule has 0 amide bonds. The fourth-order valence-corrected chi connectivity index (χ4v) is 3.74. The molecule has 1 unspecified atom stereocenters. The van der Waals surface area contributed by atoms with Gasteiger partial charge in [-0.2, -0.15) is 0 Å². The topological polar surface area (TPSA) is 3.24 Å². The van der Waals surface area contributed by atoms with Crippen LogP contribution in [0.15, 0.2) is 24.3 Å². The molecule has 16 heavy (non-hydrogen) atoms. The van der Waals surface area contributed by atoms with Crippen LogP contribution in [0.5, 0.6) is 0 Å². The Hall–Kier alpha value is -0.820. The minimum Gasteiger partial charge on any atom is -0.306 e. The summed E-state index contributed by atoms with van der Waals surface area (Å²) in [5, 5.41) is 0. The first-order valence-corrected chi connectivity index (χ1v) is 6.49. The standard InChI is InChI=1S/C15H21N/c1-12-11-15(7-9-16(2)10-8-15)14-6-4-3-5-13(12)14/h3-6,12H,7-11H2,1-2H3. The van der Waals surface area contributed by atoms with Crippen molar-refractivity contribution >= 4 is 0 Å². The Morgan fingerprint density at radius 1 is 1.19 bits per heavy atom. The Balaban J connectivity index is 1.99. The van der Waals surface area contributed by atoms with Gasteiger partial charge in [0.05, 0.1) is 0 Å². The lowest BCUT2D eigenvalue weighted by molar-refractivity contribution is 0.183. The summed E-state index contributed by atoms with van der Waals surface area (Å²) in [6.07, 6.45) is 4.08. The highest BCUT2D eigenvalue weighted by molar-refractivity contribution is 5.42. The first kappa shape index (κ1) is 10.3. The Morgan fingerprint density at radius 2 is 1.88 bits per heavy atom. The summed E-state index contributed by atoms with van der Waals surface area (Å²) in [6.45, 7) is 4.92.